The van der Waals surface area contributed by atoms with Crippen molar-refractivity contribution in [1.82, 2.24) is 34.7 Å². The van der Waals surface area contributed by atoms with E-state index < -0.39 is 17.5 Å². The molecule has 5 rings (SSSR count). The molecule has 0 radical (unpaired) electrons. The van der Waals surface area contributed by atoms with E-state index in [1.807, 2.05) is 6.92 Å². The van der Waals surface area contributed by atoms with Crippen molar-refractivity contribution >= 4 is 34.0 Å². The van der Waals surface area contributed by atoms with Crippen molar-refractivity contribution in [3.8, 4) is 17.4 Å². The number of carbonyl (C=O) groups is 1. The summed E-state index contributed by atoms with van der Waals surface area (Å²) < 4.78 is 36.5. The molecule has 13 heteroatoms. The second-order valence-electron chi connectivity index (χ2n) is 7.94. The number of fused-ring (bicyclic) bond motifs is 1. The molecule has 0 unspecified atom stereocenters. The molecule has 188 valence electrons. The molecule has 1 amide bonds. The quantitative estimate of drug-likeness (QED) is 0.325. The van der Waals surface area contributed by atoms with Crippen molar-refractivity contribution in [2.45, 2.75) is 19.8 Å². The number of hydrogen-bond donors (Lipinski definition) is 1. The molecule has 0 aliphatic carbocycles. The molecule has 0 aliphatic rings. The molecular formula is C24H19ClF2N8O2. The van der Waals surface area contributed by atoms with E-state index in [0.717, 1.165) is 10.9 Å². The second kappa shape index (κ2) is 9.54. The van der Waals surface area contributed by atoms with E-state index in [1.54, 1.807) is 24.3 Å². The van der Waals surface area contributed by atoms with E-state index >= 15 is 0 Å². The Morgan fingerprint density at radius 1 is 1.08 bits per heavy atom. The lowest BCUT2D eigenvalue weighted by atomic mass is 10.1. The van der Waals surface area contributed by atoms with Gasteiger partial charge in [-0.3, -0.25) is 4.79 Å². The number of nitrogens with zero attached hydrogens (tertiary/aromatic N) is 7. The fraction of sp³-hybridized carbons (Fsp3) is 0.167. The predicted octanol–water partition coefficient (Wildman–Crippen LogP) is 4.81. The van der Waals surface area contributed by atoms with Crippen molar-refractivity contribution in [3.63, 3.8) is 0 Å². The van der Waals surface area contributed by atoms with Gasteiger partial charge in [-0.1, -0.05) is 29.8 Å². The van der Waals surface area contributed by atoms with Gasteiger partial charge in [-0.15, -0.1) is 4.80 Å². The highest BCUT2D eigenvalue weighted by Gasteiger charge is 2.36. The number of pyridine rings is 2. The fourth-order valence-corrected chi connectivity index (χ4v) is 4.10. The normalized spacial score (nSPS) is 11.6. The first kappa shape index (κ1) is 24.3. The van der Waals surface area contributed by atoms with Crippen molar-refractivity contribution < 1.29 is 18.3 Å². The van der Waals surface area contributed by atoms with Crippen LogP contribution in [0.15, 0.2) is 61.3 Å². The van der Waals surface area contributed by atoms with E-state index in [-0.39, 0.29) is 27.8 Å². The molecule has 4 aromatic heterocycles. The molecule has 5 aromatic rings. The molecule has 0 atom stereocenters. The third-order valence-corrected chi connectivity index (χ3v) is 5.64. The average molecular weight is 525 g/mol. The lowest BCUT2D eigenvalue weighted by Gasteiger charge is -2.17. The highest BCUT2D eigenvalue weighted by atomic mass is 35.5. The van der Waals surface area contributed by atoms with Gasteiger partial charge in [0.15, 0.2) is 5.82 Å². The molecule has 0 saturated heterocycles. The molecule has 0 aliphatic heterocycles. The SMILES string of the molecule is CCOc1ncc(-n2ncc(C(=O)Nc3cnc(-n4nccn4)c(Cl)c3)c2C(C)(F)F)c2ccccc12. The molecule has 0 spiro atoms. The van der Waals surface area contributed by atoms with Gasteiger partial charge in [-0.05, 0) is 19.1 Å². The van der Waals surface area contributed by atoms with Gasteiger partial charge in [0.2, 0.25) is 5.88 Å². The van der Waals surface area contributed by atoms with Gasteiger partial charge in [-0.2, -0.15) is 24.1 Å². The fourth-order valence-electron chi connectivity index (χ4n) is 3.86. The summed E-state index contributed by atoms with van der Waals surface area (Å²) in [4.78, 5) is 22.8. The first-order chi connectivity index (χ1) is 17.8. The average Bonchev–Trinajstić information content (AvgIpc) is 3.55. The zero-order valence-corrected chi connectivity index (χ0v) is 20.3. The summed E-state index contributed by atoms with van der Waals surface area (Å²) in [7, 11) is 0. The van der Waals surface area contributed by atoms with Crippen molar-refractivity contribution in [3.05, 3.63) is 77.6 Å². The molecule has 0 bridgehead atoms. The van der Waals surface area contributed by atoms with Gasteiger partial charge < -0.3 is 10.1 Å². The topological polar surface area (TPSA) is 113 Å². The largest absolute Gasteiger partial charge is 0.478 e. The first-order valence-corrected chi connectivity index (χ1v) is 11.5. The number of ether oxygens (including phenoxy) is 1. The number of halogens is 3. The summed E-state index contributed by atoms with van der Waals surface area (Å²) >= 11 is 6.26. The molecule has 1 N–H and O–H groups in total. The maximum Gasteiger partial charge on any atom is 0.287 e. The van der Waals surface area contributed by atoms with Crippen molar-refractivity contribution in [2.24, 2.45) is 0 Å². The summed E-state index contributed by atoms with van der Waals surface area (Å²) in [5.74, 6) is -3.62. The Kier molecular flexibility index (Phi) is 6.25. The third kappa shape index (κ3) is 4.58. The Bertz CT molecular complexity index is 1600. The lowest BCUT2D eigenvalue weighted by Crippen LogP contribution is -2.22. The Hall–Kier alpha value is -4.45. The number of rotatable bonds is 7. The van der Waals surface area contributed by atoms with Crippen LogP contribution in [0.5, 0.6) is 5.88 Å². The first-order valence-electron chi connectivity index (χ1n) is 11.1. The van der Waals surface area contributed by atoms with Crippen LogP contribution in [-0.2, 0) is 5.92 Å². The minimum Gasteiger partial charge on any atom is -0.478 e. The number of hydrogen-bond acceptors (Lipinski definition) is 7. The highest BCUT2D eigenvalue weighted by Crippen LogP contribution is 2.35. The van der Waals surface area contributed by atoms with Crippen LogP contribution in [-0.4, -0.2) is 47.3 Å². The number of anilines is 1. The Labute approximate surface area is 213 Å². The second-order valence-corrected chi connectivity index (χ2v) is 8.34. The number of carbonyl (C=O) groups excluding carboxylic acids is 1. The van der Waals surface area contributed by atoms with E-state index in [2.05, 4.69) is 30.6 Å². The van der Waals surface area contributed by atoms with Gasteiger partial charge >= 0.3 is 0 Å². The Balaban J connectivity index is 1.54. The van der Waals surface area contributed by atoms with Crippen LogP contribution < -0.4 is 10.1 Å². The summed E-state index contributed by atoms with van der Waals surface area (Å²) in [6, 6.07) is 8.50. The molecule has 0 saturated carbocycles. The number of aromatic nitrogens is 7. The van der Waals surface area contributed by atoms with Gasteiger partial charge in [0, 0.05) is 17.7 Å². The molecule has 0 fully saturated rings. The van der Waals surface area contributed by atoms with Gasteiger partial charge in [0.1, 0.15) is 5.69 Å². The Morgan fingerprint density at radius 3 is 2.49 bits per heavy atom. The Morgan fingerprint density at radius 2 is 1.81 bits per heavy atom. The monoisotopic (exact) mass is 524 g/mol. The predicted molar refractivity (Wildman–Crippen MR) is 132 cm³/mol. The summed E-state index contributed by atoms with van der Waals surface area (Å²) in [6.07, 6.45) is 6.72. The standard InChI is InChI=1S/C24H19ClF2N8O2/c1-3-37-23-16-7-5-4-6-15(16)19(13-29-23)34-20(24(2,26)27)17(12-32-34)22(36)33-14-10-18(25)21(28-11-14)35-30-8-9-31-35/h4-13H,3H2,1-2H3,(H,33,36). The van der Waals surface area contributed by atoms with Crippen LogP contribution in [0, 0.1) is 0 Å². The minimum atomic E-state index is -3.42. The van der Waals surface area contributed by atoms with Crippen LogP contribution in [0.1, 0.15) is 29.9 Å². The molecule has 37 heavy (non-hydrogen) atoms. The highest BCUT2D eigenvalue weighted by molar-refractivity contribution is 6.32. The lowest BCUT2D eigenvalue weighted by molar-refractivity contribution is 0.00939. The van der Waals surface area contributed by atoms with E-state index in [9.17, 15) is 13.6 Å². The van der Waals surface area contributed by atoms with Crippen LogP contribution in [0.3, 0.4) is 0 Å². The van der Waals surface area contributed by atoms with Crippen molar-refractivity contribution in [1.29, 1.82) is 0 Å². The van der Waals surface area contributed by atoms with E-state index in [4.69, 9.17) is 16.3 Å². The van der Waals surface area contributed by atoms with Gasteiger partial charge in [-0.25, -0.2) is 14.6 Å². The number of benzene rings is 1. The van der Waals surface area contributed by atoms with Crippen LogP contribution in [0.2, 0.25) is 5.02 Å². The smallest absolute Gasteiger partial charge is 0.287 e. The summed E-state index contributed by atoms with van der Waals surface area (Å²) in [6.45, 7) is 2.91. The number of nitrogens with one attached hydrogen (secondary N) is 1. The minimum absolute atomic E-state index is 0.151. The zero-order chi connectivity index (χ0) is 26.2. The van der Waals surface area contributed by atoms with Crippen molar-refractivity contribution in [2.75, 3.05) is 11.9 Å². The van der Waals surface area contributed by atoms with E-state index in [0.29, 0.717) is 30.2 Å². The molecular weight excluding hydrogens is 506 g/mol. The van der Waals surface area contributed by atoms with E-state index in [1.165, 1.54) is 35.7 Å². The third-order valence-electron chi connectivity index (χ3n) is 5.36. The molecule has 1 aromatic carbocycles. The van der Waals surface area contributed by atoms with Gasteiger partial charge in [0.25, 0.3) is 11.8 Å². The summed E-state index contributed by atoms with van der Waals surface area (Å²) in [5.41, 5.74) is -0.454. The number of amides is 1. The summed E-state index contributed by atoms with van der Waals surface area (Å²) in [5, 5.41) is 16.0. The number of alkyl halides is 2. The zero-order valence-electron chi connectivity index (χ0n) is 19.6. The maximum absolute atomic E-state index is 14.9. The van der Waals surface area contributed by atoms with Crippen LogP contribution in [0.25, 0.3) is 22.3 Å². The molecule has 4 heterocycles. The van der Waals surface area contributed by atoms with Crippen LogP contribution in [0.4, 0.5) is 14.5 Å². The van der Waals surface area contributed by atoms with Gasteiger partial charge in [0.05, 0.1) is 59.6 Å². The maximum atomic E-state index is 14.9. The molecule has 10 nitrogen and oxygen atoms in total. The van der Waals surface area contributed by atoms with Crippen LogP contribution >= 0.6 is 11.6 Å².